The predicted octanol–water partition coefficient (Wildman–Crippen LogP) is 9.75. The summed E-state index contributed by atoms with van der Waals surface area (Å²) in [6.07, 6.45) is 9.83. The summed E-state index contributed by atoms with van der Waals surface area (Å²) >= 11 is 0. The van der Waals surface area contributed by atoms with Gasteiger partial charge in [0.25, 0.3) is 0 Å². The van der Waals surface area contributed by atoms with E-state index in [1.807, 2.05) is 24.3 Å². The van der Waals surface area contributed by atoms with E-state index in [-0.39, 0.29) is 5.41 Å². The second-order valence-electron chi connectivity index (χ2n) is 13.2. The summed E-state index contributed by atoms with van der Waals surface area (Å²) in [4.78, 5) is 14.6. The maximum absolute atomic E-state index is 5.86. The molecule has 4 fully saturated rings. The van der Waals surface area contributed by atoms with Crippen molar-refractivity contribution in [3.8, 4) is 45.0 Å². The molecule has 4 aromatic carbocycles. The van der Waals surface area contributed by atoms with Crippen LogP contribution in [-0.2, 0) is 5.41 Å². The van der Waals surface area contributed by atoms with Gasteiger partial charge in [-0.1, -0.05) is 84.9 Å². The normalized spacial score (nSPS) is 24.0. The summed E-state index contributed by atoms with van der Waals surface area (Å²) in [6.45, 7) is 0. The molecule has 4 saturated carbocycles. The van der Waals surface area contributed by atoms with E-state index in [0.29, 0.717) is 0 Å². The monoisotopic (exact) mass is 559 g/mol. The first kappa shape index (κ1) is 25.0. The van der Waals surface area contributed by atoms with Crippen LogP contribution < -0.4 is 0 Å². The van der Waals surface area contributed by atoms with E-state index in [9.17, 15) is 0 Å². The Bertz CT molecular complexity index is 1850. The molecular formula is C39H33N3O. The highest BCUT2D eigenvalue weighted by Gasteiger charge is 2.52. The third-order valence-corrected chi connectivity index (χ3v) is 10.4. The minimum Gasteiger partial charge on any atom is -0.443 e. The maximum atomic E-state index is 5.86. The molecule has 2 aromatic heterocycles. The van der Waals surface area contributed by atoms with E-state index in [2.05, 4.69) is 83.8 Å². The molecule has 10 rings (SSSR count). The van der Waals surface area contributed by atoms with E-state index in [0.717, 1.165) is 62.8 Å². The zero-order chi connectivity index (χ0) is 28.4. The van der Waals surface area contributed by atoms with Gasteiger partial charge in [0.05, 0.1) is 11.4 Å². The quantitative estimate of drug-likeness (QED) is 0.211. The Balaban J connectivity index is 1.15. The molecule has 0 amide bonds. The number of hydrogen-bond donors (Lipinski definition) is 0. The van der Waals surface area contributed by atoms with Crippen molar-refractivity contribution in [3.05, 3.63) is 115 Å². The molecule has 0 unspecified atom stereocenters. The van der Waals surface area contributed by atoms with E-state index in [1.165, 1.54) is 55.2 Å². The molecule has 0 aliphatic heterocycles. The molecule has 0 N–H and O–H groups in total. The second kappa shape index (κ2) is 9.74. The maximum Gasteiger partial charge on any atom is 0.181 e. The predicted molar refractivity (Wildman–Crippen MR) is 171 cm³/mol. The molecular weight excluding hydrogens is 526 g/mol. The first-order valence-corrected chi connectivity index (χ1v) is 15.7. The third kappa shape index (κ3) is 4.31. The van der Waals surface area contributed by atoms with E-state index >= 15 is 0 Å². The molecule has 210 valence electrons. The molecule has 6 aromatic rings. The molecule has 2 heterocycles. The van der Waals surface area contributed by atoms with Crippen molar-refractivity contribution in [2.75, 3.05) is 0 Å². The van der Waals surface area contributed by atoms with Crippen LogP contribution in [0.1, 0.15) is 44.1 Å². The first-order chi connectivity index (χ1) is 21.2. The summed E-state index contributed by atoms with van der Waals surface area (Å²) in [6, 6.07) is 36.3. The fourth-order valence-corrected chi connectivity index (χ4v) is 8.91. The van der Waals surface area contributed by atoms with Gasteiger partial charge in [-0.2, -0.15) is 0 Å². The standard InChI is InChI=1S/C39H33N3O/c1-3-7-29(8-4-1)34-20-35(42-38(41-34)31-9-5-2-6-10-31)30-13-11-28(12-14-30)32-18-36-37(43-24-40-36)19-33(32)39-21-25-15-26(22-39)17-27(16-25)23-39/h1-14,18-20,24-27H,15-17,21-23H2. The lowest BCUT2D eigenvalue weighted by molar-refractivity contribution is -0.00489. The van der Waals surface area contributed by atoms with Gasteiger partial charge in [-0.25, -0.2) is 15.0 Å². The van der Waals surface area contributed by atoms with Gasteiger partial charge in [0.1, 0.15) is 5.52 Å². The van der Waals surface area contributed by atoms with Gasteiger partial charge in [-0.15, -0.1) is 0 Å². The summed E-state index contributed by atoms with van der Waals surface area (Å²) < 4.78 is 5.86. The van der Waals surface area contributed by atoms with Gasteiger partial charge in [0.2, 0.25) is 0 Å². The van der Waals surface area contributed by atoms with Crippen LogP contribution >= 0.6 is 0 Å². The number of rotatable bonds is 5. The van der Waals surface area contributed by atoms with Gasteiger partial charge >= 0.3 is 0 Å². The van der Waals surface area contributed by atoms with Crippen molar-refractivity contribution in [2.45, 2.75) is 43.9 Å². The Morgan fingerprint density at radius 3 is 1.77 bits per heavy atom. The van der Waals surface area contributed by atoms with E-state index < -0.39 is 0 Å². The van der Waals surface area contributed by atoms with Crippen LogP contribution in [0.4, 0.5) is 0 Å². The van der Waals surface area contributed by atoms with Crippen molar-refractivity contribution in [2.24, 2.45) is 17.8 Å². The van der Waals surface area contributed by atoms with Gasteiger partial charge in [-0.05, 0) is 96.6 Å². The lowest BCUT2D eigenvalue weighted by Crippen LogP contribution is -2.48. The smallest absolute Gasteiger partial charge is 0.181 e. The second-order valence-corrected chi connectivity index (χ2v) is 13.2. The minimum atomic E-state index is 0.256. The van der Waals surface area contributed by atoms with Gasteiger partial charge in [-0.3, -0.25) is 0 Å². The van der Waals surface area contributed by atoms with Crippen LogP contribution in [0.15, 0.2) is 114 Å². The minimum absolute atomic E-state index is 0.256. The topological polar surface area (TPSA) is 51.8 Å². The highest BCUT2D eigenvalue weighted by Crippen LogP contribution is 2.62. The van der Waals surface area contributed by atoms with Crippen LogP contribution in [0.2, 0.25) is 0 Å². The Morgan fingerprint density at radius 2 is 1.14 bits per heavy atom. The molecule has 0 saturated heterocycles. The van der Waals surface area contributed by atoms with Crippen molar-refractivity contribution in [1.82, 2.24) is 15.0 Å². The Hall–Kier alpha value is -4.57. The number of nitrogens with zero attached hydrogens (tertiary/aromatic N) is 3. The van der Waals surface area contributed by atoms with Crippen LogP contribution in [-0.4, -0.2) is 15.0 Å². The summed E-state index contributed by atoms with van der Waals surface area (Å²) in [5.74, 6) is 3.37. The number of oxazole rings is 1. The van der Waals surface area contributed by atoms with Crippen molar-refractivity contribution < 1.29 is 4.42 Å². The van der Waals surface area contributed by atoms with Crippen LogP contribution in [0.5, 0.6) is 0 Å². The Morgan fingerprint density at radius 1 is 0.581 bits per heavy atom. The van der Waals surface area contributed by atoms with Gasteiger partial charge in [0, 0.05) is 16.7 Å². The SMILES string of the molecule is c1ccc(-c2cc(-c3ccc(-c4cc5ncoc5cc4C45CC6CC(CC(C6)C4)C5)cc3)nc(-c3ccccc3)n2)cc1. The number of hydrogen-bond acceptors (Lipinski definition) is 4. The van der Waals surface area contributed by atoms with Gasteiger partial charge in [0.15, 0.2) is 17.8 Å². The van der Waals surface area contributed by atoms with E-state index in [4.69, 9.17) is 14.4 Å². The molecule has 0 spiro atoms. The lowest BCUT2D eigenvalue weighted by Gasteiger charge is -2.57. The molecule has 4 aliphatic rings. The molecule has 4 nitrogen and oxygen atoms in total. The van der Waals surface area contributed by atoms with Crippen molar-refractivity contribution >= 4 is 11.1 Å². The number of benzene rings is 4. The largest absolute Gasteiger partial charge is 0.443 e. The summed E-state index contributed by atoms with van der Waals surface area (Å²) in [5, 5.41) is 0. The molecule has 4 bridgehead atoms. The molecule has 0 atom stereocenters. The Labute approximate surface area is 251 Å². The molecule has 43 heavy (non-hydrogen) atoms. The van der Waals surface area contributed by atoms with Crippen LogP contribution in [0.25, 0.3) is 56.1 Å². The summed E-state index contributed by atoms with van der Waals surface area (Å²) in [5.41, 5.74) is 11.2. The fourth-order valence-electron chi connectivity index (χ4n) is 8.91. The Kier molecular flexibility index (Phi) is 5.65. The third-order valence-electron chi connectivity index (χ3n) is 10.4. The van der Waals surface area contributed by atoms with Crippen molar-refractivity contribution in [3.63, 3.8) is 0 Å². The summed E-state index contributed by atoms with van der Waals surface area (Å²) in [7, 11) is 0. The first-order valence-electron chi connectivity index (χ1n) is 15.7. The molecule has 4 heteroatoms. The number of aromatic nitrogens is 3. The van der Waals surface area contributed by atoms with Crippen molar-refractivity contribution in [1.29, 1.82) is 0 Å². The highest BCUT2D eigenvalue weighted by atomic mass is 16.3. The zero-order valence-corrected chi connectivity index (χ0v) is 24.1. The number of fused-ring (bicyclic) bond motifs is 1. The zero-order valence-electron chi connectivity index (χ0n) is 24.1. The molecule has 0 radical (unpaired) electrons. The van der Waals surface area contributed by atoms with Crippen LogP contribution in [0.3, 0.4) is 0 Å². The average molecular weight is 560 g/mol. The average Bonchev–Trinajstić information content (AvgIpc) is 3.52. The van der Waals surface area contributed by atoms with E-state index in [1.54, 1.807) is 6.39 Å². The highest BCUT2D eigenvalue weighted by molar-refractivity contribution is 5.84. The van der Waals surface area contributed by atoms with Crippen LogP contribution in [0, 0.1) is 17.8 Å². The lowest BCUT2D eigenvalue weighted by atomic mass is 9.47. The van der Waals surface area contributed by atoms with Gasteiger partial charge < -0.3 is 4.42 Å². The fraction of sp³-hybridized carbons (Fsp3) is 0.256. The molecule has 4 aliphatic carbocycles.